The standard InChI is InChI=1S/C39H52O4/c1-3-5-7-9-11-16-28-42-36-24-20-33(21-25-36)38(40)30-35(32-18-14-13-15-19-32)31-39(41)34-22-26-37(27-23-34)43-29-17-12-10-8-6-4-2/h13-15,18-27,35H,3-12,16-17,28-31H2,1-2H3. The van der Waals surface area contributed by atoms with E-state index in [0.29, 0.717) is 24.3 Å². The Morgan fingerprint density at radius 3 is 1.33 bits per heavy atom. The number of hydrogen-bond acceptors (Lipinski definition) is 4. The molecule has 3 aromatic rings. The average molecular weight is 585 g/mol. The van der Waals surface area contributed by atoms with E-state index >= 15 is 0 Å². The van der Waals surface area contributed by atoms with E-state index in [1.54, 1.807) is 0 Å². The summed E-state index contributed by atoms with van der Waals surface area (Å²) >= 11 is 0. The quantitative estimate of drug-likeness (QED) is 0.0822. The molecule has 4 heteroatoms. The summed E-state index contributed by atoms with van der Waals surface area (Å²) in [7, 11) is 0. The predicted molar refractivity (Wildman–Crippen MR) is 178 cm³/mol. The van der Waals surface area contributed by atoms with Crippen LogP contribution in [0.2, 0.25) is 0 Å². The van der Waals surface area contributed by atoms with Crippen LogP contribution < -0.4 is 9.47 Å². The molecular weight excluding hydrogens is 532 g/mol. The highest BCUT2D eigenvalue weighted by Crippen LogP contribution is 2.28. The number of Topliss-reactive ketones (excluding diaryl/α,β-unsaturated/α-hetero) is 2. The van der Waals surface area contributed by atoms with Crippen molar-refractivity contribution in [2.24, 2.45) is 0 Å². The first-order valence-corrected chi connectivity index (χ1v) is 16.7. The van der Waals surface area contributed by atoms with Crippen LogP contribution in [0.5, 0.6) is 11.5 Å². The molecule has 0 aliphatic heterocycles. The fourth-order valence-electron chi connectivity index (χ4n) is 5.34. The van der Waals surface area contributed by atoms with Crippen LogP contribution in [0.3, 0.4) is 0 Å². The highest BCUT2D eigenvalue weighted by Gasteiger charge is 2.21. The third kappa shape index (κ3) is 13.2. The van der Waals surface area contributed by atoms with E-state index in [1.807, 2.05) is 78.9 Å². The molecule has 0 unspecified atom stereocenters. The Morgan fingerprint density at radius 2 is 0.907 bits per heavy atom. The summed E-state index contributed by atoms with van der Waals surface area (Å²) in [5.41, 5.74) is 2.29. The Bertz CT molecular complexity index is 1090. The Labute approximate surface area is 260 Å². The van der Waals surface area contributed by atoms with Crippen molar-refractivity contribution < 1.29 is 19.1 Å². The van der Waals surface area contributed by atoms with E-state index < -0.39 is 0 Å². The molecule has 0 fully saturated rings. The van der Waals surface area contributed by atoms with E-state index in [4.69, 9.17) is 9.47 Å². The van der Waals surface area contributed by atoms with Crippen molar-refractivity contribution in [3.63, 3.8) is 0 Å². The number of hydrogen-bond donors (Lipinski definition) is 0. The van der Waals surface area contributed by atoms with E-state index in [9.17, 15) is 9.59 Å². The number of ketones is 2. The fourth-order valence-corrected chi connectivity index (χ4v) is 5.34. The lowest BCUT2D eigenvalue weighted by Crippen LogP contribution is -2.13. The molecule has 232 valence electrons. The third-order valence-electron chi connectivity index (χ3n) is 8.02. The first kappa shape index (κ1) is 34.1. The predicted octanol–water partition coefficient (Wildman–Crippen LogP) is 10.8. The summed E-state index contributed by atoms with van der Waals surface area (Å²) < 4.78 is 11.8. The molecule has 0 aliphatic rings. The molecule has 0 atom stereocenters. The molecule has 0 bridgehead atoms. The number of benzene rings is 3. The van der Waals surface area contributed by atoms with Crippen molar-refractivity contribution in [1.82, 2.24) is 0 Å². The van der Waals surface area contributed by atoms with Crippen molar-refractivity contribution in [1.29, 1.82) is 0 Å². The van der Waals surface area contributed by atoms with Gasteiger partial charge in [0.1, 0.15) is 11.5 Å². The number of ether oxygens (including phenoxy) is 2. The minimum Gasteiger partial charge on any atom is -0.494 e. The van der Waals surface area contributed by atoms with Crippen LogP contribution in [0.15, 0.2) is 78.9 Å². The molecule has 0 aliphatic carbocycles. The molecule has 4 nitrogen and oxygen atoms in total. The lowest BCUT2D eigenvalue weighted by Gasteiger charge is -2.17. The zero-order valence-electron chi connectivity index (χ0n) is 26.5. The van der Waals surface area contributed by atoms with Crippen LogP contribution in [0.4, 0.5) is 0 Å². The minimum absolute atomic E-state index is 0.0302. The van der Waals surface area contributed by atoms with Crippen LogP contribution in [-0.2, 0) is 0 Å². The van der Waals surface area contributed by atoms with Gasteiger partial charge in [-0.05, 0) is 72.9 Å². The molecule has 0 amide bonds. The summed E-state index contributed by atoms with van der Waals surface area (Å²) in [6.07, 6.45) is 15.2. The molecule has 3 rings (SSSR count). The number of carbonyl (C=O) groups is 2. The third-order valence-corrected chi connectivity index (χ3v) is 8.02. The molecule has 3 aromatic carbocycles. The summed E-state index contributed by atoms with van der Waals surface area (Å²) in [5.74, 6) is 1.44. The van der Waals surface area contributed by atoms with Crippen LogP contribution >= 0.6 is 0 Å². The highest BCUT2D eigenvalue weighted by atomic mass is 16.5. The zero-order valence-corrected chi connectivity index (χ0v) is 26.5. The first-order valence-electron chi connectivity index (χ1n) is 16.7. The Balaban J connectivity index is 1.51. The van der Waals surface area contributed by atoms with Gasteiger partial charge in [-0.15, -0.1) is 0 Å². The molecule has 0 aromatic heterocycles. The van der Waals surface area contributed by atoms with Gasteiger partial charge in [-0.3, -0.25) is 9.59 Å². The average Bonchev–Trinajstić information content (AvgIpc) is 3.04. The SMILES string of the molecule is CCCCCCCCOc1ccc(C(=O)CC(CC(=O)c2ccc(OCCCCCCCC)cc2)c2ccccc2)cc1. The van der Waals surface area contributed by atoms with E-state index in [2.05, 4.69) is 13.8 Å². The monoisotopic (exact) mass is 584 g/mol. The molecular formula is C39H52O4. The van der Waals surface area contributed by atoms with Gasteiger partial charge in [0.2, 0.25) is 0 Å². The summed E-state index contributed by atoms with van der Waals surface area (Å²) in [6, 6.07) is 24.8. The second-order valence-corrected chi connectivity index (χ2v) is 11.6. The minimum atomic E-state index is -0.200. The lowest BCUT2D eigenvalue weighted by molar-refractivity contribution is 0.0944. The molecule has 0 radical (unpaired) electrons. The molecule has 0 N–H and O–H groups in total. The van der Waals surface area contributed by atoms with Gasteiger partial charge in [0, 0.05) is 24.0 Å². The van der Waals surface area contributed by atoms with Crippen LogP contribution in [0.1, 0.15) is 136 Å². The van der Waals surface area contributed by atoms with Gasteiger partial charge in [0.15, 0.2) is 11.6 Å². The zero-order chi connectivity index (χ0) is 30.5. The maximum atomic E-state index is 13.3. The first-order chi connectivity index (χ1) is 21.1. The Kier molecular flexibility index (Phi) is 16.3. The van der Waals surface area contributed by atoms with Gasteiger partial charge < -0.3 is 9.47 Å². The maximum absolute atomic E-state index is 13.3. The van der Waals surface area contributed by atoms with Crippen molar-refractivity contribution in [3.8, 4) is 11.5 Å². The fraction of sp³-hybridized carbons (Fsp3) is 0.487. The van der Waals surface area contributed by atoms with Crippen molar-refractivity contribution in [2.75, 3.05) is 13.2 Å². The van der Waals surface area contributed by atoms with Crippen molar-refractivity contribution in [2.45, 2.75) is 110 Å². The lowest BCUT2D eigenvalue weighted by atomic mass is 9.86. The second-order valence-electron chi connectivity index (χ2n) is 11.6. The van der Waals surface area contributed by atoms with Crippen LogP contribution in [0.25, 0.3) is 0 Å². The summed E-state index contributed by atoms with van der Waals surface area (Å²) in [5, 5.41) is 0. The van der Waals surface area contributed by atoms with E-state index in [0.717, 1.165) is 29.9 Å². The molecule has 0 saturated carbocycles. The van der Waals surface area contributed by atoms with Crippen LogP contribution in [-0.4, -0.2) is 24.8 Å². The normalized spacial score (nSPS) is 11.0. The maximum Gasteiger partial charge on any atom is 0.163 e. The van der Waals surface area contributed by atoms with E-state index in [1.165, 1.54) is 64.2 Å². The largest absolute Gasteiger partial charge is 0.494 e. The van der Waals surface area contributed by atoms with E-state index in [-0.39, 0.29) is 30.3 Å². The highest BCUT2D eigenvalue weighted by molar-refractivity contribution is 5.99. The number of rotatable bonds is 23. The van der Waals surface area contributed by atoms with Crippen molar-refractivity contribution >= 4 is 11.6 Å². The Hall–Kier alpha value is -3.40. The van der Waals surface area contributed by atoms with Gasteiger partial charge in [-0.1, -0.05) is 108 Å². The van der Waals surface area contributed by atoms with Gasteiger partial charge in [-0.25, -0.2) is 0 Å². The molecule has 43 heavy (non-hydrogen) atoms. The number of unbranched alkanes of at least 4 members (excludes halogenated alkanes) is 10. The molecule has 0 saturated heterocycles. The van der Waals surface area contributed by atoms with Gasteiger partial charge in [-0.2, -0.15) is 0 Å². The van der Waals surface area contributed by atoms with Gasteiger partial charge in [0.05, 0.1) is 13.2 Å². The smallest absolute Gasteiger partial charge is 0.163 e. The summed E-state index contributed by atoms with van der Waals surface area (Å²) in [6.45, 7) is 5.85. The van der Waals surface area contributed by atoms with Gasteiger partial charge in [0.25, 0.3) is 0 Å². The summed E-state index contributed by atoms with van der Waals surface area (Å²) in [4.78, 5) is 26.6. The Morgan fingerprint density at radius 1 is 0.512 bits per heavy atom. The van der Waals surface area contributed by atoms with Crippen molar-refractivity contribution in [3.05, 3.63) is 95.6 Å². The molecule has 0 spiro atoms. The van der Waals surface area contributed by atoms with Crippen LogP contribution in [0, 0.1) is 0 Å². The molecule has 0 heterocycles. The topological polar surface area (TPSA) is 52.6 Å². The number of carbonyl (C=O) groups excluding carboxylic acids is 2. The second kappa shape index (κ2) is 20.5. The van der Waals surface area contributed by atoms with Gasteiger partial charge >= 0.3 is 0 Å².